The van der Waals surface area contributed by atoms with Gasteiger partial charge in [0, 0.05) is 6.54 Å². The molecule has 0 saturated carbocycles. The average Bonchev–Trinajstić information content (AvgIpc) is 3.10. The van der Waals surface area contributed by atoms with Crippen LogP contribution in [0, 0.1) is 17.9 Å². The molecule has 1 aromatic rings. The molecule has 2 aliphatic heterocycles. The maximum atomic E-state index is 8.99. The van der Waals surface area contributed by atoms with Crippen molar-refractivity contribution < 1.29 is 4.74 Å². The molecule has 0 N–H and O–H groups in total. The number of nitriles is 1. The number of hydrogen-bond acceptors (Lipinski definition) is 3. The van der Waals surface area contributed by atoms with E-state index >= 15 is 0 Å². The summed E-state index contributed by atoms with van der Waals surface area (Å²) in [5, 5.41) is 8.99. The van der Waals surface area contributed by atoms with E-state index in [1.807, 2.05) is 12.1 Å². The Hall–Kier alpha value is -2.98. The molecule has 25 heavy (non-hydrogen) atoms. The Bertz CT molecular complexity index is 846. The Morgan fingerprint density at radius 2 is 2.16 bits per heavy atom. The highest BCUT2D eigenvalue weighted by Crippen LogP contribution is 2.40. The highest BCUT2D eigenvalue weighted by molar-refractivity contribution is 5.71. The molecule has 1 aliphatic carbocycles. The van der Waals surface area contributed by atoms with E-state index in [1.165, 1.54) is 23.2 Å². The van der Waals surface area contributed by atoms with Crippen LogP contribution in [0.3, 0.4) is 0 Å². The summed E-state index contributed by atoms with van der Waals surface area (Å²) in [6.45, 7) is 9.93. The SMILES string of the molecule is [C-]#[N+]C(C#N)=C1C=C(C=Cc2cc3c4c(c2)OCCN4CCC3)CC1. The summed E-state index contributed by atoms with van der Waals surface area (Å²) >= 11 is 0. The summed E-state index contributed by atoms with van der Waals surface area (Å²) in [4.78, 5) is 5.74. The van der Waals surface area contributed by atoms with Gasteiger partial charge in [-0.3, -0.25) is 0 Å². The third kappa shape index (κ3) is 2.92. The van der Waals surface area contributed by atoms with Crippen LogP contribution in [0.1, 0.15) is 30.4 Å². The van der Waals surface area contributed by atoms with Crippen LogP contribution in [0.4, 0.5) is 5.69 Å². The fraction of sp³-hybridized carbons (Fsp3) is 0.333. The third-order valence-electron chi connectivity index (χ3n) is 5.04. The fourth-order valence-electron chi connectivity index (χ4n) is 3.84. The number of hydrogen-bond donors (Lipinski definition) is 0. The molecule has 0 saturated heterocycles. The van der Waals surface area contributed by atoms with Gasteiger partial charge in [-0.05, 0) is 60.1 Å². The van der Waals surface area contributed by atoms with Gasteiger partial charge in [-0.25, -0.2) is 10.1 Å². The first-order valence-electron chi connectivity index (χ1n) is 8.72. The number of ether oxygens (including phenoxy) is 1. The Labute approximate surface area is 148 Å². The minimum absolute atomic E-state index is 0.218. The van der Waals surface area contributed by atoms with E-state index < -0.39 is 0 Å². The quantitative estimate of drug-likeness (QED) is 0.601. The Morgan fingerprint density at radius 3 is 3.00 bits per heavy atom. The lowest BCUT2D eigenvalue weighted by molar-refractivity contribution is 0.304. The number of anilines is 1. The van der Waals surface area contributed by atoms with Gasteiger partial charge in [0.1, 0.15) is 12.4 Å². The molecule has 0 atom stereocenters. The largest absolute Gasteiger partial charge is 0.490 e. The standard InChI is InChI=1S/C21H19N3O/c1-23-19(14-22)17-7-6-15(11-17)4-5-16-12-18-3-2-8-24-9-10-25-20(13-16)21(18)24/h4-5,11-13H,2-3,6-10H2. The molecule has 0 unspecified atom stereocenters. The number of aryl methyl sites for hydroxylation is 1. The van der Waals surface area contributed by atoms with Crippen molar-refractivity contribution in [3.05, 3.63) is 63.7 Å². The van der Waals surface area contributed by atoms with Crippen LogP contribution in [0.15, 0.2) is 41.1 Å². The maximum Gasteiger partial charge on any atom is 0.265 e. The van der Waals surface area contributed by atoms with Crippen LogP contribution in [0.2, 0.25) is 0 Å². The van der Waals surface area contributed by atoms with Crippen LogP contribution in [0.5, 0.6) is 5.75 Å². The van der Waals surface area contributed by atoms with E-state index in [9.17, 15) is 0 Å². The summed E-state index contributed by atoms with van der Waals surface area (Å²) in [6.07, 6.45) is 10.2. The molecule has 2 heterocycles. The molecular weight excluding hydrogens is 310 g/mol. The molecule has 0 fully saturated rings. The number of allylic oxidation sites excluding steroid dienone is 5. The lowest BCUT2D eigenvalue weighted by atomic mass is 9.97. The van der Waals surface area contributed by atoms with E-state index in [2.05, 4.69) is 34.0 Å². The number of nitrogens with zero attached hydrogens (tertiary/aromatic N) is 3. The second kappa shape index (κ2) is 6.49. The molecular formula is C21H19N3O. The van der Waals surface area contributed by atoms with Crippen molar-refractivity contribution in [3.8, 4) is 11.8 Å². The zero-order chi connectivity index (χ0) is 17.2. The van der Waals surface area contributed by atoms with Crippen LogP contribution in [-0.2, 0) is 6.42 Å². The summed E-state index contributed by atoms with van der Waals surface area (Å²) < 4.78 is 5.89. The first-order chi connectivity index (χ1) is 12.3. The molecule has 0 bridgehead atoms. The van der Waals surface area contributed by atoms with Crippen LogP contribution in [-0.4, -0.2) is 19.7 Å². The molecule has 0 amide bonds. The molecule has 0 spiro atoms. The van der Waals surface area contributed by atoms with Gasteiger partial charge < -0.3 is 9.64 Å². The van der Waals surface area contributed by atoms with Crippen LogP contribution < -0.4 is 9.64 Å². The van der Waals surface area contributed by atoms with Crippen LogP contribution >= 0.6 is 0 Å². The van der Waals surface area contributed by atoms with Gasteiger partial charge in [-0.15, -0.1) is 0 Å². The molecule has 4 heteroatoms. The van der Waals surface area contributed by atoms with Crippen molar-refractivity contribution >= 4 is 11.8 Å². The van der Waals surface area contributed by atoms with Gasteiger partial charge in [0.25, 0.3) is 5.70 Å². The van der Waals surface area contributed by atoms with Crippen molar-refractivity contribution in [2.45, 2.75) is 25.7 Å². The van der Waals surface area contributed by atoms with Gasteiger partial charge >= 0.3 is 0 Å². The molecule has 4 nitrogen and oxygen atoms in total. The zero-order valence-electron chi connectivity index (χ0n) is 14.1. The smallest absolute Gasteiger partial charge is 0.265 e. The average molecular weight is 329 g/mol. The van der Waals surface area contributed by atoms with Crippen molar-refractivity contribution in [1.82, 2.24) is 0 Å². The predicted molar refractivity (Wildman–Crippen MR) is 98.1 cm³/mol. The number of rotatable bonds is 2. The zero-order valence-corrected chi connectivity index (χ0v) is 14.1. The van der Waals surface area contributed by atoms with E-state index in [4.69, 9.17) is 16.6 Å². The van der Waals surface area contributed by atoms with Gasteiger partial charge in [0.2, 0.25) is 0 Å². The molecule has 124 valence electrons. The minimum Gasteiger partial charge on any atom is -0.490 e. The van der Waals surface area contributed by atoms with Gasteiger partial charge in [0.15, 0.2) is 0 Å². The summed E-state index contributed by atoms with van der Waals surface area (Å²) in [6, 6.07) is 6.37. The van der Waals surface area contributed by atoms with Crippen molar-refractivity contribution in [3.63, 3.8) is 0 Å². The lowest BCUT2D eigenvalue weighted by Crippen LogP contribution is -2.36. The van der Waals surface area contributed by atoms with E-state index in [1.54, 1.807) is 0 Å². The summed E-state index contributed by atoms with van der Waals surface area (Å²) in [5.41, 5.74) is 6.06. The Kier molecular flexibility index (Phi) is 4.04. The second-order valence-electron chi connectivity index (χ2n) is 6.62. The molecule has 1 aromatic carbocycles. The lowest BCUT2D eigenvalue weighted by Gasteiger charge is -2.36. The normalized spacial score (nSPS) is 20.4. The third-order valence-corrected chi connectivity index (χ3v) is 5.04. The second-order valence-corrected chi connectivity index (χ2v) is 6.62. The van der Waals surface area contributed by atoms with Gasteiger partial charge in [-0.2, -0.15) is 0 Å². The predicted octanol–water partition coefficient (Wildman–Crippen LogP) is 4.26. The van der Waals surface area contributed by atoms with Crippen molar-refractivity contribution in [2.75, 3.05) is 24.6 Å². The van der Waals surface area contributed by atoms with Crippen LogP contribution in [0.25, 0.3) is 10.9 Å². The van der Waals surface area contributed by atoms with E-state index in [0.29, 0.717) is 0 Å². The van der Waals surface area contributed by atoms with E-state index in [-0.39, 0.29) is 5.70 Å². The molecule has 3 aliphatic rings. The highest BCUT2D eigenvalue weighted by Gasteiger charge is 2.25. The van der Waals surface area contributed by atoms with Crippen molar-refractivity contribution in [1.29, 1.82) is 5.26 Å². The van der Waals surface area contributed by atoms with Crippen molar-refractivity contribution in [2.24, 2.45) is 0 Å². The summed E-state index contributed by atoms with van der Waals surface area (Å²) in [5.74, 6) is 1.00. The Balaban J connectivity index is 1.61. The first-order valence-corrected chi connectivity index (χ1v) is 8.72. The fourth-order valence-corrected chi connectivity index (χ4v) is 3.84. The Morgan fingerprint density at radius 1 is 1.24 bits per heavy atom. The minimum atomic E-state index is 0.218. The monoisotopic (exact) mass is 329 g/mol. The molecule has 0 radical (unpaired) electrons. The van der Waals surface area contributed by atoms with E-state index in [0.717, 1.165) is 55.8 Å². The van der Waals surface area contributed by atoms with Gasteiger partial charge in [-0.1, -0.05) is 18.2 Å². The summed E-state index contributed by atoms with van der Waals surface area (Å²) in [7, 11) is 0. The highest BCUT2D eigenvalue weighted by atomic mass is 16.5. The first kappa shape index (κ1) is 15.5. The maximum absolute atomic E-state index is 8.99. The molecule has 4 rings (SSSR count). The topological polar surface area (TPSA) is 40.6 Å². The number of benzene rings is 1. The van der Waals surface area contributed by atoms with Gasteiger partial charge in [0.05, 0.1) is 24.9 Å². The molecule has 0 aromatic heterocycles.